The van der Waals surface area contributed by atoms with Crippen molar-refractivity contribution in [3.8, 4) is 5.75 Å². The first-order valence-corrected chi connectivity index (χ1v) is 4.72. The van der Waals surface area contributed by atoms with E-state index in [-0.39, 0.29) is 0 Å². The van der Waals surface area contributed by atoms with Crippen molar-refractivity contribution < 1.29 is 19.0 Å². The maximum Gasteiger partial charge on any atom is 0.508 e. The minimum atomic E-state index is -0.743. The SMILES string of the molecule is C=CC(OC(=O)OC)c1cccc(OC)c1. The molecule has 0 spiro atoms. The molecule has 0 saturated carbocycles. The highest BCUT2D eigenvalue weighted by Crippen LogP contribution is 2.23. The van der Waals surface area contributed by atoms with Gasteiger partial charge in [0, 0.05) is 5.56 Å². The Labute approximate surface area is 94.4 Å². The first kappa shape index (κ1) is 12.1. The molecule has 1 aromatic rings. The maximum atomic E-state index is 11.0. The largest absolute Gasteiger partial charge is 0.508 e. The van der Waals surface area contributed by atoms with Gasteiger partial charge in [-0.25, -0.2) is 4.79 Å². The summed E-state index contributed by atoms with van der Waals surface area (Å²) in [5, 5.41) is 0. The first-order valence-electron chi connectivity index (χ1n) is 4.72. The number of carbonyl (C=O) groups is 1. The summed E-state index contributed by atoms with van der Waals surface area (Å²) in [4.78, 5) is 11.0. The van der Waals surface area contributed by atoms with Crippen molar-refractivity contribution in [1.29, 1.82) is 0 Å². The molecular weight excluding hydrogens is 208 g/mol. The Hall–Kier alpha value is -1.97. The number of hydrogen-bond acceptors (Lipinski definition) is 4. The topological polar surface area (TPSA) is 44.8 Å². The van der Waals surface area contributed by atoms with Gasteiger partial charge in [-0.1, -0.05) is 18.7 Å². The predicted octanol–water partition coefficient (Wildman–Crippen LogP) is 2.71. The number of benzene rings is 1. The zero-order valence-corrected chi connectivity index (χ0v) is 9.30. The number of ether oxygens (including phenoxy) is 3. The van der Waals surface area contributed by atoms with E-state index in [1.54, 1.807) is 13.2 Å². The molecule has 0 amide bonds. The second-order valence-electron chi connectivity index (χ2n) is 3.00. The molecule has 4 nitrogen and oxygen atoms in total. The Balaban J connectivity index is 2.85. The van der Waals surface area contributed by atoms with E-state index < -0.39 is 12.3 Å². The zero-order chi connectivity index (χ0) is 12.0. The van der Waals surface area contributed by atoms with Crippen LogP contribution in [0.4, 0.5) is 4.79 Å². The van der Waals surface area contributed by atoms with Gasteiger partial charge in [0.1, 0.15) is 11.9 Å². The minimum absolute atomic E-state index is 0.539. The molecule has 0 aromatic heterocycles. The lowest BCUT2D eigenvalue weighted by molar-refractivity contribution is 0.0522. The monoisotopic (exact) mass is 222 g/mol. The highest BCUT2D eigenvalue weighted by molar-refractivity contribution is 5.60. The molecule has 16 heavy (non-hydrogen) atoms. The Morgan fingerprint density at radius 2 is 2.19 bits per heavy atom. The van der Waals surface area contributed by atoms with Crippen LogP contribution in [0.2, 0.25) is 0 Å². The maximum absolute atomic E-state index is 11.0. The molecule has 0 bridgehead atoms. The molecule has 0 N–H and O–H groups in total. The van der Waals surface area contributed by atoms with Crippen LogP contribution >= 0.6 is 0 Å². The Kier molecular flexibility index (Phi) is 4.39. The molecule has 1 atom stereocenters. The van der Waals surface area contributed by atoms with Gasteiger partial charge < -0.3 is 14.2 Å². The number of methoxy groups -OCH3 is 2. The molecule has 4 heteroatoms. The quantitative estimate of drug-likeness (QED) is 0.580. The molecule has 0 radical (unpaired) electrons. The molecular formula is C12H14O4. The minimum Gasteiger partial charge on any atom is -0.497 e. The highest BCUT2D eigenvalue weighted by Gasteiger charge is 2.13. The lowest BCUT2D eigenvalue weighted by Gasteiger charge is -2.13. The van der Waals surface area contributed by atoms with Crippen molar-refractivity contribution in [2.24, 2.45) is 0 Å². The number of rotatable bonds is 4. The molecule has 0 aliphatic carbocycles. The molecule has 1 unspecified atom stereocenters. The van der Waals surface area contributed by atoms with E-state index in [0.717, 1.165) is 5.56 Å². The summed E-state index contributed by atoms with van der Waals surface area (Å²) in [6.45, 7) is 3.61. The van der Waals surface area contributed by atoms with Crippen LogP contribution in [0.15, 0.2) is 36.9 Å². The Bertz CT molecular complexity index is 373. The predicted molar refractivity (Wildman–Crippen MR) is 59.4 cm³/mol. The molecule has 86 valence electrons. The second-order valence-corrected chi connectivity index (χ2v) is 3.00. The van der Waals surface area contributed by atoms with Crippen LogP contribution in [-0.4, -0.2) is 20.4 Å². The van der Waals surface area contributed by atoms with E-state index in [1.807, 2.05) is 18.2 Å². The summed E-state index contributed by atoms with van der Waals surface area (Å²) in [7, 11) is 2.83. The van der Waals surface area contributed by atoms with Crippen LogP contribution in [0.5, 0.6) is 5.75 Å². The third kappa shape index (κ3) is 3.02. The average molecular weight is 222 g/mol. The van der Waals surface area contributed by atoms with Crippen LogP contribution in [0.1, 0.15) is 11.7 Å². The summed E-state index contributed by atoms with van der Waals surface area (Å²) in [5.41, 5.74) is 0.778. The lowest BCUT2D eigenvalue weighted by atomic mass is 10.1. The van der Waals surface area contributed by atoms with Gasteiger partial charge in [0.2, 0.25) is 0 Å². The molecule has 1 aromatic carbocycles. The van der Waals surface area contributed by atoms with Gasteiger partial charge in [-0.15, -0.1) is 0 Å². The van der Waals surface area contributed by atoms with Crippen molar-refractivity contribution in [3.63, 3.8) is 0 Å². The molecule has 0 fully saturated rings. The van der Waals surface area contributed by atoms with Crippen molar-refractivity contribution >= 4 is 6.16 Å². The molecule has 0 aliphatic rings. The van der Waals surface area contributed by atoms with Crippen LogP contribution in [-0.2, 0) is 9.47 Å². The van der Waals surface area contributed by atoms with Gasteiger partial charge in [0.05, 0.1) is 14.2 Å². The van der Waals surface area contributed by atoms with Gasteiger partial charge in [0.15, 0.2) is 0 Å². The van der Waals surface area contributed by atoms with Crippen molar-refractivity contribution in [2.45, 2.75) is 6.10 Å². The summed E-state index contributed by atoms with van der Waals surface area (Å²) < 4.78 is 14.5. The fourth-order valence-electron chi connectivity index (χ4n) is 1.22. The first-order chi connectivity index (χ1) is 7.71. The summed E-state index contributed by atoms with van der Waals surface area (Å²) >= 11 is 0. The Morgan fingerprint density at radius 1 is 1.44 bits per heavy atom. The van der Waals surface area contributed by atoms with Crippen molar-refractivity contribution in [3.05, 3.63) is 42.5 Å². The second kappa shape index (κ2) is 5.80. The van der Waals surface area contributed by atoms with Crippen molar-refractivity contribution in [2.75, 3.05) is 14.2 Å². The fourth-order valence-corrected chi connectivity index (χ4v) is 1.22. The average Bonchev–Trinajstić information content (AvgIpc) is 2.35. The lowest BCUT2D eigenvalue weighted by Crippen LogP contribution is -2.09. The van der Waals surface area contributed by atoms with E-state index in [4.69, 9.17) is 9.47 Å². The summed E-state index contributed by atoms with van der Waals surface area (Å²) in [6.07, 6.45) is 0.237. The summed E-state index contributed by atoms with van der Waals surface area (Å²) in [5.74, 6) is 0.692. The van der Waals surface area contributed by atoms with Gasteiger partial charge >= 0.3 is 6.16 Å². The molecule has 0 heterocycles. The van der Waals surface area contributed by atoms with Gasteiger partial charge in [0.25, 0.3) is 0 Å². The van der Waals surface area contributed by atoms with Gasteiger partial charge in [-0.2, -0.15) is 0 Å². The standard InChI is InChI=1S/C12H14O4/c1-4-11(16-12(13)15-3)9-6-5-7-10(8-9)14-2/h4-8,11H,1H2,2-3H3. The van der Waals surface area contributed by atoms with E-state index in [0.29, 0.717) is 5.75 Å². The van der Waals surface area contributed by atoms with Crippen LogP contribution in [0.25, 0.3) is 0 Å². The van der Waals surface area contributed by atoms with E-state index in [1.165, 1.54) is 13.2 Å². The molecule has 0 saturated heterocycles. The molecule has 0 aliphatic heterocycles. The highest BCUT2D eigenvalue weighted by atomic mass is 16.7. The number of carbonyl (C=O) groups excluding carboxylic acids is 1. The van der Waals surface area contributed by atoms with Gasteiger partial charge in [-0.05, 0) is 18.2 Å². The van der Waals surface area contributed by atoms with Crippen LogP contribution in [0, 0.1) is 0 Å². The summed E-state index contributed by atoms with van der Waals surface area (Å²) in [6, 6.07) is 7.21. The van der Waals surface area contributed by atoms with Gasteiger partial charge in [-0.3, -0.25) is 0 Å². The van der Waals surface area contributed by atoms with Crippen LogP contribution in [0.3, 0.4) is 0 Å². The zero-order valence-electron chi connectivity index (χ0n) is 9.30. The fraction of sp³-hybridized carbons (Fsp3) is 0.250. The third-order valence-electron chi connectivity index (χ3n) is 2.03. The number of hydrogen-bond donors (Lipinski definition) is 0. The normalized spacial score (nSPS) is 11.4. The van der Waals surface area contributed by atoms with Crippen molar-refractivity contribution in [1.82, 2.24) is 0 Å². The molecule has 1 rings (SSSR count). The Morgan fingerprint density at radius 3 is 2.75 bits per heavy atom. The third-order valence-corrected chi connectivity index (χ3v) is 2.03. The van der Waals surface area contributed by atoms with E-state index in [9.17, 15) is 4.79 Å². The van der Waals surface area contributed by atoms with E-state index >= 15 is 0 Å². The smallest absolute Gasteiger partial charge is 0.497 e. The van der Waals surface area contributed by atoms with Crippen LogP contribution < -0.4 is 4.74 Å². The van der Waals surface area contributed by atoms with E-state index in [2.05, 4.69) is 11.3 Å².